The van der Waals surface area contributed by atoms with E-state index < -0.39 is 0 Å². The molecular formula is C27H40N6O2S. The smallest absolute Gasteiger partial charge is 0.223 e. The molecule has 2 aromatic heterocycles. The van der Waals surface area contributed by atoms with Crippen LogP contribution in [-0.2, 0) is 9.59 Å². The molecule has 5 rings (SSSR count). The van der Waals surface area contributed by atoms with Gasteiger partial charge in [-0.05, 0) is 64.0 Å². The number of anilines is 1. The number of nitrogens with one attached hydrogen (secondary N) is 2. The van der Waals surface area contributed by atoms with Crippen LogP contribution in [0.5, 0.6) is 0 Å². The molecule has 2 aliphatic heterocycles. The maximum absolute atomic E-state index is 13.0. The third-order valence-corrected chi connectivity index (χ3v) is 9.65. The molecule has 1 aliphatic carbocycles. The minimum Gasteiger partial charge on any atom is -0.348 e. The summed E-state index contributed by atoms with van der Waals surface area (Å²) in [5, 5.41) is 15.9. The van der Waals surface area contributed by atoms with E-state index >= 15 is 0 Å². The van der Waals surface area contributed by atoms with Gasteiger partial charge in [-0.2, -0.15) is 0 Å². The van der Waals surface area contributed by atoms with E-state index in [4.69, 9.17) is 0 Å². The average Bonchev–Trinajstić information content (AvgIpc) is 3.64. The Labute approximate surface area is 218 Å². The van der Waals surface area contributed by atoms with Gasteiger partial charge in [0.1, 0.15) is 11.6 Å². The monoisotopic (exact) mass is 512 g/mol. The van der Waals surface area contributed by atoms with Crippen LogP contribution >= 0.6 is 11.3 Å². The second-order valence-electron chi connectivity index (χ2n) is 11.2. The molecule has 196 valence electrons. The number of carbonyl (C=O) groups excluding carboxylic acids is 2. The maximum Gasteiger partial charge on any atom is 0.223 e. The van der Waals surface area contributed by atoms with E-state index in [1.807, 2.05) is 6.07 Å². The zero-order chi connectivity index (χ0) is 25.2. The van der Waals surface area contributed by atoms with Crippen molar-refractivity contribution < 1.29 is 9.59 Å². The van der Waals surface area contributed by atoms with Crippen LogP contribution in [0.15, 0.2) is 12.1 Å². The first-order valence-corrected chi connectivity index (χ1v) is 14.5. The molecule has 4 heterocycles. The minimum absolute atomic E-state index is 0.0185. The summed E-state index contributed by atoms with van der Waals surface area (Å²) in [5.41, 5.74) is 0. The normalized spacial score (nSPS) is 25.4. The number of piperidine rings is 1. The largest absolute Gasteiger partial charge is 0.348 e. The van der Waals surface area contributed by atoms with Crippen LogP contribution in [0, 0.1) is 12.8 Å². The van der Waals surface area contributed by atoms with Gasteiger partial charge in [-0.25, -0.2) is 0 Å². The molecule has 2 saturated heterocycles. The van der Waals surface area contributed by atoms with Crippen molar-refractivity contribution in [3.05, 3.63) is 28.7 Å². The van der Waals surface area contributed by atoms with Crippen LogP contribution < -0.4 is 10.6 Å². The third kappa shape index (κ3) is 5.23. The van der Waals surface area contributed by atoms with Gasteiger partial charge in [-0.1, -0.05) is 26.7 Å². The van der Waals surface area contributed by atoms with Crippen molar-refractivity contribution >= 4 is 28.7 Å². The quantitative estimate of drug-likeness (QED) is 0.440. The molecule has 2 bridgehead atoms. The van der Waals surface area contributed by atoms with Crippen LogP contribution in [0.25, 0.3) is 0 Å². The Hall–Kier alpha value is -2.26. The molecule has 36 heavy (non-hydrogen) atoms. The van der Waals surface area contributed by atoms with Gasteiger partial charge in [-0.3, -0.25) is 14.5 Å². The number of amides is 2. The van der Waals surface area contributed by atoms with E-state index in [2.05, 4.69) is 57.1 Å². The van der Waals surface area contributed by atoms with Gasteiger partial charge in [0.2, 0.25) is 12.3 Å². The number of carbonyl (C=O) groups is 2. The zero-order valence-electron chi connectivity index (χ0n) is 21.8. The second-order valence-corrected chi connectivity index (χ2v) is 12.3. The zero-order valence-corrected chi connectivity index (χ0v) is 22.6. The Bertz CT molecular complexity index is 1040. The Morgan fingerprint density at radius 3 is 2.50 bits per heavy atom. The summed E-state index contributed by atoms with van der Waals surface area (Å²) in [6.45, 7) is 7.46. The summed E-state index contributed by atoms with van der Waals surface area (Å²) >= 11 is 1.57. The molecule has 2 N–H and O–H groups in total. The van der Waals surface area contributed by atoms with Crippen molar-refractivity contribution in [1.82, 2.24) is 25.0 Å². The molecule has 1 saturated carbocycles. The van der Waals surface area contributed by atoms with Gasteiger partial charge in [0.25, 0.3) is 0 Å². The predicted octanol–water partition coefficient (Wildman–Crippen LogP) is 4.95. The van der Waals surface area contributed by atoms with Crippen molar-refractivity contribution in [2.75, 3.05) is 11.9 Å². The van der Waals surface area contributed by atoms with E-state index in [0.29, 0.717) is 30.5 Å². The Kier molecular flexibility index (Phi) is 7.76. The number of rotatable bonds is 10. The molecule has 0 aromatic carbocycles. The SMILES string of the molecule is Cc1nnc(C(C)C)n1C1C[C@H]2CC[C@@H](C1)N2CC[C@H](NC(=O)C1CCCC1)c1ccc(NC=O)s1. The lowest BCUT2D eigenvalue weighted by atomic mass is 9.95. The summed E-state index contributed by atoms with van der Waals surface area (Å²) in [5.74, 6) is 2.85. The fourth-order valence-corrected chi connectivity index (χ4v) is 7.72. The first-order chi connectivity index (χ1) is 17.4. The summed E-state index contributed by atoms with van der Waals surface area (Å²) in [4.78, 5) is 27.8. The highest BCUT2D eigenvalue weighted by molar-refractivity contribution is 7.16. The molecule has 4 atom stereocenters. The van der Waals surface area contributed by atoms with Crippen molar-refractivity contribution in [3.8, 4) is 0 Å². The summed E-state index contributed by atoms with van der Waals surface area (Å²) in [6.07, 6.45) is 10.7. The van der Waals surface area contributed by atoms with Crippen molar-refractivity contribution in [2.45, 2.75) is 109 Å². The Morgan fingerprint density at radius 2 is 1.83 bits per heavy atom. The lowest BCUT2D eigenvalue weighted by Gasteiger charge is -2.40. The standard InChI is InChI=1S/C27H40N6O2S/c1-17(2)26-31-30-18(3)33(26)22-14-20-8-9-21(15-22)32(20)13-12-23(24-10-11-25(36-24)28-16-34)29-27(35)19-6-4-5-7-19/h10-11,16-17,19-23H,4-9,12-15H2,1-3H3,(H,28,34)(H,29,35)/t20-,21+,22?,23-/m0/s1. The molecule has 3 fully saturated rings. The molecule has 9 heteroatoms. The molecule has 8 nitrogen and oxygen atoms in total. The number of thiophene rings is 1. The van der Waals surface area contributed by atoms with Crippen LogP contribution in [0.1, 0.15) is 106 Å². The molecule has 1 unspecified atom stereocenters. The fraction of sp³-hybridized carbons (Fsp3) is 0.704. The molecule has 0 radical (unpaired) electrons. The number of nitrogens with zero attached hydrogens (tertiary/aromatic N) is 4. The first kappa shape index (κ1) is 25.4. The van der Waals surface area contributed by atoms with Gasteiger partial charge >= 0.3 is 0 Å². The third-order valence-electron chi connectivity index (χ3n) is 8.52. The van der Waals surface area contributed by atoms with Crippen LogP contribution in [0.2, 0.25) is 0 Å². The van der Waals surface area contributed by atoms with Crippen molar-refractivity contribution in [1.29, 1.82) is 0 Å². The number of hydrogen-bond acceptors (Lipinski definition) is 6. The molecule has 2 amide bonds. The lowest BCUT2D eigenvalue weighted by molar-refractivity contribution is -0.125. The first-order valence-electron chi connectivity index (χ1n) is 13.7. The Morgan fingerprint density at radius 1 is 1.11 bits per heavy atom. The number of fused-ring (bicyclic) bond motifs is 2. The molecular weight excluding hydrogens is 472 g/mol. The van der Waals surface area contributed by atoms with Gasteiger partial charge < -0.3 is 15.2 Å². The highest BCUT2D eigenvalue weighted by atomic mass is 32.1. The highest BCUT2D eigenvalue weighted by Gasteiger charge is 2.42. The summed E-state index contributed by atoms with van der Waals surface area (Å²) in [7, 11) is 0. The second kappa shape index (κ2) is 11.0. The van der Waals surface area contributed by atoms with Crippen LogP contribution in [0.4, 0.5) is 5.00 Å². The van der Waals surface area contributed by atoms with E-state index in [9.17, 15) is 9.59 Å². The summed E-state index contributed by atoms with van der Waals surface area (Å²) < 4.78 is 2.41. The van der Waals surface area contributed by atoms with Crippen molar-refractivity contribution in [3.63, 3.8) is 0 Å². The highest BCUT2D eigenvalue weighted by Crippen LogP contribution is 2.43. The van der Waals surface area contributed by atoms with E-state index in [0.717, 1.165) is 73.0 Å². The van der Waals surface area contributed by atoms with Crippen LogP contribution in [0.3, 0.4) is 0 Å². The van der Waals surface area contributed by atoms with Gasteiger partial charge in [0, 0.05) is 41.4 Å². The van der Waals surface area contributed by atoms with Gasteiger partial charge in [0.15, 0.2) is 0 Å². The predicted molar refractivity (Wildman–Crippen MR) is 142 cm³/mol. The number of hydrogen-bond donors (Lipinski definition) is 2. The van der Waals surface area contributed by atoms with Gasteiger partial charge in [0.05, 0.1) is 11.0 Å². The number of aromatic nitrogens is 3. The summed E-state index contributed by atoms with van der Waals surface area (Å²) in [6, 6.07) is 5.58. The van der Waals surface area contributed by atoms with E-state index in [-0.39, 0.29) is 17.9 Å². The number of aryl methyl sites for hydroxylation is 1. The maximum atomic E-state index is 13.0. The lowest BCUT2D eigenvalue weighted by Crippen LogP contribution is -2.45. The topological polar surface area (TPSA) is 92.2 Å². The van der Waals surface area contributed by atoms with E-state index in [1.54, 1.807) is 11.3 Å². The fourth-order valence-electron chi connectivity index (χ4n) is 6.77. The van der Waals surface area contributed by atoms with E-state index in [1.165, 1.54) is 12.8 Å². The molecule has 3 aliphatic rings. The average molecular weight is 513 g/mol. The molecule has 0 spiro atoms. The Balaban J connectivity index is 1.27. The van der Waals surface area contributed by atoms with Crippen LogP contribution in [-0.4, -0.2) is 50.6 Å². The minimum atomic E-state index is -0.0185. The van der Waals surface area contributed by atoms with Crippen molar-refractivity contribution in [2.24, 2.45) is 5.92 Å². The van der Waals surface area contributed by atoms with Gasteiger partial charge in [-0.15, -0.1) is 21.5 Å². The molecule has 2 aromatic rings.